The van der Waals surface area contributed by atoms with Crippen molar-refractivity contribution in [2.75, 3.05) is 12.3 Å². The van der Waals surface area contributed by atoms with Gasteiger partial charge in [0.2, 0.25) is 5.95 Å². The minimum atomic E-state index is -1.08. The van der Waals surface area contributed by atoms with Gasteiger partial charge >= 0.3 is 17.9 Å². The molecule has 0 spiro atoms. The number of rotatable bonds is 7. The van der Waals surface area contributed by atoms with Crippen molar-refractivity contribution in [3.8, 4) is 0 Å². The number of benzene rings is 1. The number of nitrogen functional groups attached to an aromatic ring is 1. The van der Waals surface area contributed by atoms with Gasteiger partial charge in [-0.25, -0.2) is 9.97 Å². The maximum atomic E-state index is 11.9. The summed E-state index contributed by atoms with van der Waals surface area (Å²) in [5.41, 5.74) is 7.92. The fraction of sp³-hybridized carbons (Fsp3) is 0.391. The van der Waals surface area contributed by atoms with Crippen LogP contribution in [0.2, 0.25) is 0 Å². The number of aromatic nitrogens is 4. The first-order valence-corrected chi connectivity index (χ1v) is 11.8. The number of fused-ring (bicyclic) bond motifs is 1. The minimum Gasteiger partial charge on any atom is -0.463 e. The van der Waals surface area contributed by atoms with E-state index in [9.17, 15) is 14.4 Å². The highest BCUT2D eigenvalue weighted by atomic mass is 32.2. The largest absolute Gasteiger partial charge is 0.463 e. The summed E-state index contributed by atoms with van der Waals surface area (Å²) in [5.74, 6) is -1.77. The van der Waals surface area contributed by atoms with Gasteiger partial charge in [0.15, 0.2) is 24.1 Å². The lowest BCUT2D eigenvalue weighted by molar-refractivity contribution is -0.166. The molecule has 0 radical (unpaired) electrons. The van der Waals surface area contributed by atoms with Crippen LogP contribution in [-0.2, 0) is 33.3 Å². The molecule has 1 aliphatic heterocycles. The monoisotopic (exact) mass is 515 g/mol. The molecule has 12 nitrogen and oxygen atoms in total. The standard InChI is InChI=1S/C23H25N5O7S/c1-11-5-7-15(8-6-11)36-21-17-20(26-23(24)27-21)28(10-25-17)22-19(34-14(4)31)18(33-13(3)30)16(35-22)9-32-12(2)29/h5-8,10,16,18-19,22H,9H2,1-4H3,(H2,24,26,27). The van der Waals surface area contributed by atoms with Gasteiger partial charge in [-0.1, -0.05) is 29.5 Å². The number of carbonyl (C=O) groups excluding carboxylic acids is 3. The summed E-state index contributed by atoms with van der Waals surface area (Å²) in [5, 5.41) is 0.523. The van der Waals surface area contributed by atoms with Gasteiger partial charge < -0.3 is 24.7 Å². The summed E-state index contributed by atoms with van der Waals surface area (Å²) in [6.45, 7) is 5.46. The Morgan fingerprint density at radius 3 is 2.33 bits per heavy atom. The molecule has 1 aromatic carbocycles. The fourth-order valence-electron chi connectivity index (χ4n) is 3.80. The molecule has 2 N–H and O–H groups in total. The number of esters is 3. The van der Waals surface area contributed by atoms with Crippen LogP contribution in [0, 0.1) is 6.92 Å². The first-order chi connectivity index (χ1) is 17.1. The summed E-state index contributed by atoms with van der Waals surface area (Å²) < 4.78 is 23.6. The predicted molar refractivity (Wildman–Crippen MR) is 127 cm³/mol. The summed E-state index contributed by atoms with van der Waals surface area (Å²) in [4.78, 5) is 49.2. The average molecular weight is 516 g/mol. The zero-order valence-corrected chi connectivity index (χ0v) is 20.9. The van der Waals surface area contributed by atoms with Crippen LogP contribution in [-0.4, -0.2) is 62.3 Å². The molecule has 3 aromatic rings. The summed E-state index contributed by atoms with van der Waals surface area (Å²) in [7, 11) is 0. The van der Waals surface area contributed by atoms with E-state index in [0.717, 1.165) is 10.5 Å². The molecule has 36 heavy (non-hydrogen) atoms. The number of carbonyl (C=O) groups is 3. The van der Waals surface area contributed by atoms with E-state index >= 15 is 0 Å². The Kier molecular flexibility index (Phi) is 7.40. The Labute approximate surface area is 210 Å². The van der Waals surface area contributed by atoms with Crippen LogP contribution >= 0.6 is 11.8 Å². The van der Waals surface area contributed by atoms with E-state index in [1.165, 1.54) is 43.4 Å². The molecule has 4 unspecified atom stereocenters. The lowest BCUT2D eigenvalue weighted by atomic mass is 10.1. The van der Waals surface area contributed by atoms with E-state index in [2.05, 4.69) is 15.0 Å². The normalized spacial score (nSPS) is 21.3. The minimum absolute atomic E-state index is 0.00824. The van der Waals surface area contributed by atoms with Crippen LogP contribution < -0.4 is 5.73 Å². The third kappa shape index (κ3) is 5.57. The molecule has 190 valence electrons. The van der Waals surface area contributed by atoms with Crippen molar-refractivity contribution in [1.82, 2.24) is 19.5 Å². The van der Waals surface area contributed by atoms with Crippen molar-refractivity contribution in [2.24, 2.45) is 0 Å². The lowest BCUT2D eigenvalue weighted by Crippen LogP contribution is -2.40. The van der Waals surface area contributed by atoms with Crippen LogP contribution in [0.3, 0.4) is 0 Å². The molecule has 0 amide bonds. The van der Waals surface area contributed by atoms with Crippen LogP contribution in [0.5, 0.6) is 0 Å². The second-order valence-corrected chi connectivity index (χ2v) is 9.20. The summed E-state index contributed by atoms with van der Waals surface area (Å²) in [6, 6.07) is 7.89. The van der Waals surface area contributed by atoms with Gasteiger partial charge in [0.1, 0.15) is 23.3 Å². The maximum Gasteiger partial charge on any atom is 0.303 e. The second-order valence-electron chi connectivity index (χ2n) is 8.14. The van der Waals surface area contributed by atoms with Crippen LogP contribution in [0.25, 0.3) is 11.2 Å². The van der Waals surface area contributed by atoms with Crippen molar-refractivity contribution < 1.29 is 33.3 Å². The van der Waals surface area contributed by atoms with Gasteiger partial charge in [-0.05, 0) is 19.1 Å². The third-order valence-corrected chi connectivity index (χ3v) is 6.24. The molecule has 13 heteroatoms. The third-order valence-electron chi connectivity index (χ3n) is 5.26. The van der Waals surface area contributed by atoms with E-state index in [1.807, 2.05) is 31.2 Å². The molecule has 0 aliphatic carbocycles. The number of imidazole rings is 1. The molecule has 2 aromatic heterocycles. The Hall–Kier alpha value is -3.71. The number of hydrogen-bond donors (Lipinski definition) is 1. The number of aryl methyl sites for hydroxylation is 1. The molecule has 0 bridgehead atoms. The molecule has 0 saturated carbocycles. The maximum absolute atomic E-state index is 11.9. The van der Waals surface area contributed by atoms with Crippen molar-refractivity contribution in [3.63, 3.8) is 0 Å². The van der Waals surface area contributed by atoms with Crippen molar-refractivity contribution in [2.45, 2.75) is 62.2 Å². The van der Waals surface area contributed by atoms with Gasteiger partial charge in [-0.3, -0.25) is 19.0 Å². The topological polar surface area (TPSA) is 158 Å². The first-order valence-electron chi connectivity index (χ1n) is 11.0. The Bertz CT molecular complexity index is 1300. The zero-order chi connectivity index (χ0) is 26.0. The average Bonchev–Trinajstić information content (AvgIpc) is 3.35. The number of anilines is 1. The summed E-state index contributed by atoms with van der Waals surface area (Å²) >= 11 is 1.37. The fourth-order valence-corrected chi connectivity index (χ4v) is 4.67. The Balaban J connectivity index is 1.74. The first kappa shape index (κ1) is 25.4. The molecule has 1 saturated heterocycles. The second kappa shape index (κ2) is 10.5. The SMILES string of the molecule is CC(=O)OCC1OC(n2cnc3c(Sc4ccc(C)cc4)nc(N)nc32)C(OC(C)=O)C1OC(C)=O. The number of nitrogens with two attached hydrogens (primary N) is 1. The van der Waals surface area contributed by atoms with Crippen molar-refractivity contribution in [3.05, 3.63) is 36.2 Å². The summed E-state index contributed by atoms with van der Waals surface area (Å²) in [6.07, 6.45) is -2.58. The van der Waals surface area contributed by atoms with E-state index in [1.54, 1.807) is 0 Å². The van der Waals surface area contributed by atoms with Crippen molar-refractivity contribution >= 4 is 46.8 Å². The van der Waals surface area contributed by atoms with Gasteiger partial charge in [0.25, 0.3) is 0 Å². The molecule has 1 fully saturated rings. The molecular weight excluding hydrogens is 490 g/mol. The predicted octanol–water partition coefficient (Wildman–Crippen LogP) is 2.19. The quantitative estimate of drug-likeness (QED) is 0.278. The highest BCUT2D eigenvalue weighted by Gasteiger charge is 2.51. The number of hydrogen-bond acceptors (Lipinski definition) is 12. The van der Waals surface area contributed by atoms with Gasteiger partial charge in [-0.15, -0.1) is 0 Å². The smallest absolute Gasteiger partial charge is 0.303 e. The Morgan fingerprint density at radius 1 is 1.03 bits per heavy atom. The van der Waals surface area contributed by atoms with Crippen molar-refractivity contribution in [1.29, 1.82) is 0 Å². The highest BCUT2D eigenvalue weighted by molar-refractivity contribution is 7.99. The van der Waals surface area contributed by atoms with Crippen LogP contribution in [0.15, 0.2) is 40.5 Å². The molecule has 4 rings (SSSR count). The number of ether oxygens (including phenoxy) is 4. The number of nitrogens with zero attached hydrogens (tertiary/aromatic N) is 4. The van der Waals surface area contributed by atoms with Gasteiger partial charge in [-0.2, -0.15) is 4.98 Å². The highest BCUT2D eigenvalue weighted by Crippen LogP contribution is 2.38. The van der Waals surface area contributed by atoms with E-state index in [4.69, 9.17) is 24.7 Å². The molecule has 3 heterocycles. The zero-order valence-electron chi connectivity index (χ0n) is 20.0. The van der Waals surface area contributed by atoms with E-state index < -0.39 is 42.4 Å². The molecule has 4 atom stereocenters. The van der Waals surface area contributed by atoms with Gasteiger partial charge in [0, 0.05) is 25.7 Å². The Morgan fingerprint density at radius 2 is 1.69 bits per heavy atom. The van der Waals surface area contributed by atoms with Gasteiger partial charge in [0.05, 0.1) is 6.33 Å². The van der Waals surface area contributed by atoms with E-state index in [-0.39, 0.29) is 12.6 Å². The van der Waals surface area contributed by atoms with E-state index in [0.29, 0.717) is 16.2 Å². The van der Waals surface area contributed by atoms with Crippen LogP contribution in [0.4, 0.5) is 5.95 Å². The molecular formula is C23H25N5O7S. The lowest BCUT2D eigenvalue weighted by Gasteiger charge is -2.23. The molecule has 1 aliphatic rings. The van der Waals surface area contributed by atoms with Crippen LogP contribution in [0.1, 0.15) is 32.6 Å².